The predicted molar refractivity (Wildman–Crippen MR) is 84.3 cm³/mol. The lowest BCUT2D eigenvalue weighted by molar-refractivity contribution is -0.139. The Morgan fingerprint density at radius 3 is 2.86 bits per heavy atom. The van der Waals surface area contributed by atoms with Crippen molar-refractivity contribution in [1.29, 1.82) is 0 Å². The average molecular weight is 297 g/mol. The second-order valence-corrected chi connectivity index (χ2v) is 6.83. The Labute approximate surface area is 129 Å². The Morgan fingerprint density at radius 1 is 1.33 bits per heavy atom. The van der Waals surface area contributed by atoms with Crippen molar-refractivity contribution in [2.45, 2.75) is 45.8 Å². The van der Waals surface area contributed by atoms with Crippen LogP contribution in [0.2, 0.25) is 0 Å². The summed E-state index contributed by atoms with van der Waals surface area (Å²) in [6.45, 7) is 12.3. The van der Waals surface area contributed by atoms with E-state index in [9.17, 15) is 4.79 Å². The van der Waals surface area contributed by atoms with Gasteiger partial charge in [-0.25, -0.2) is 0 Å². The van der Waals surface area contributed by atoms with Crippen LogP contribution in [0, 0.1) is 5.92 Å². The predicted octanol–water partition coefficient (Wildman–Crippen LogP) is 0.944. The van der Waals surface area contributed by atoms with Gasteiger partial charge in [0.25, 0.3) is 0 Å². The molecule has 2 unspecified atom stereocenters. The first-order chi connectivity index (χ1) is 10.0. The summed E-state index contributed by atoms with van der Waals surface area (Å²) in [5, 5.41) is 3.52. The third-order valence-electron chi connectivity index (χ3n) is 4.37. The molecule has 5 nitrogen and oxygen atoms in total. The quantitative estimate of drug-likeness (QED) is 0.820. The van der Waals surface area contributed by atoms with Crippen LogP contribution in [0.4, 0.5) is 0 Å². The summed E-state index contributed by atoms with van der Waals surface area (Å²) < 4.78 is 5.50. The van der Waals surface area contributed by atoms with Gasteiger partial charge in [-0.05, 0) is 38.8 Å². The molecule has 2 fully saturated rings. The molecule has 2 aliphatic heterocycles. The number of hydrogen-bond donors (Lipinski definition) is 1. The van der Waals surface area contributed by atoms with E-state index in [4.69, 9.17) is 4.74 Å². The van der Waals surface area contributed by atoms with Gasteiger partial charge in [0.15, 0.2) is 0 Å². The molecule has 2 saturated heterocycles. The number of nitrogens with one attached hydrogen (secondary N) is 1. The molecule has 0 aromatic carbocycles. The molecule has 21 heavy (non-hydrogen) atoms. The highest BCUT2D eigenvalue weighted by molar-refractivity contribution is 5.78. The fourth-order valence-electron chi connectivity index (χ4n) is 3.20. The molecule has 1 N–H and O–H groups in total. The van der Waals surface area contributed by atoms with Gasteiger partial charge in [-0.3, -0.25) is 9.69 Å². The van der Waals surface area contributed by atoms with Crippen molar-refractivity contribution in [3.05, 3.63) is 0 Å². The van der Waals surface area contributed by atoms with E-state index in [1.807, 2.05) is 11.8 Å². The monoisotopic (exact) mass is 297 g/mol. The lowest BCUT2D eigenvalue weighted by Crippen LogP contribution is -2.50. The number of carbonyl (C=O) groups excluding carboxylic acids is 1. The largest absolute Gasteiger partial charge is 0.375 e. The van der Waals surface area contributed by atoms with Crippen LogP contribution in [0.1, 0.15) is 33.6 Å². The molecule has 0 aromatic rings. The molecule has 0 saturated carbocycles. The van der Waals surface area contributed by atoms with E-state index in [1.54, 1.807) is 0 Å². The Hall–Kier alpha value is -0.650. The number of piperidine rings is 1. The van der Waals surface area contributed by atoms with Gasteiger partial charge in [0.05, 0.1) is 19.3 Å². The number of rotatable bonds is 5. The molecule has 0 spiro atoms. The van der Waals surface area contributed by atoms with E-state index in [0.717, 1.165) is 32.7 Å². The smallest absolute Gasteiger partial charge is 0.236 e. The topological polar surface area (TPSA) is 44.8 Å². The second-order valence-electron chi connectivity index (χ2n) is 6.83. The fraction of sp³-hybridized carbons (Fsp3) is 0.938. The maximum absolute atomic E-state index is 12.4. The third-order valence-corrected chi connectivity index (χ3v) is 4.37. The number of carbonyl (C=O) groups is 1. The molecule has 2 rings (SSSR count). The van der Waals surface area contributed by atoms with Crippen molar-refractivity contribution >= 4 is 5.91 Å². The zero-order valence-electron chi connectivity index (χ0n) is 13.8. The summed E-state index contributed by atoms with van der Waals surface area (Å²) in [5.74, 6) is 0.945. The minimum atomic E-state index is 0.173. The number of hydrogen-bond acceptors (Lipinski definition) is 4. The zero-order chi connectivity index (χ0) is 15.2. The fourth-order valence-corrected chi connectivity index (χ4v) is 3.20. The first-order valence-corrected chi connectivity index (χ1v) is 8.39. The van der Waals surface area contributed by atoms with Crippen LogP contribution in [0.5, 0.6) is 0 Å². The van der Waals surface area contributed by atoms with Crippen molar-refractivity contribution in [2.75, 3.05) is 45.9 Å². The van der Waals surface area contributed by atoms with Crippen LogP contribution in [0.15, 0.2) is 0 Å². The van der Waals surface area contributed by atoms with Crippen LogP contribution in [0.25, 0.3) is 0 Å². The molecular formula is C16H31N3O2. The standard InChI is InChI=1S/C16H31N3O2/c1-13(2)17-9-15-5-4-6-18(11-15)12-16(20)19-7-8-21-14(3)10-19/h13-15,17H,4-12H2,1-3H3. The minimum absolute atomic E-state index is 0.173. The number of nitrogens with zero attached hydrogens (tertiary/aromatic N) is 2. The SMILES string of the molecule is CC(C)NCC1CCCN(CC(=O)N2CCOC(C)C2)C1. The van der Waals surface area contributed by atoms with Gasteiger partial charge in [-0.2, -0.15) is 0 Å². The Kier molecular flexibility index (Phi) is 6.45. The Balaban J connectivity index is 1.75. The van der Waals surface area contributed by atoms with E-state index in [1.165, 1.54) is 12.8 Å². The highest BCUT2D eigenvalue weighted by Gasteiger charge is 2.26. The first kappa shape index (κ1) is 16.7. The first-order valence-electron chi connectivity index (χ1n) is 8.39. The second kappa shape index (κ2) is 8.11. The third kappa shape index (κ3) is 5.57. The summed E-state index contributed by atoms with van der Waals surface area (Å²) >= 11 is 0. The molecule has 0 bridgehead atoms. The zero-order valence-corrected chi connectivity index (χ0v) is 13.8. The molecular weight excluding hydrogens is 266 g/mol. The van der Waals surface area contributed by atoms with E-state index in [2.05, 4.69) is 24.1 Å². The minimum Gasteiger partial charge on any atom is -0.375 e. The summed E-state index contributed by atoms with van der Waals surface area (Å²) in [4.78, 5) is 16.7. The number of amides is 1. The number of morpholine rings is 1. The summed E-state index contributed by atoms with van der Waals surface area (Å²) in [7, 11) is 0. The van der Waals surface area contributed by atoms with E-state index in [0.29, 0.717) is 25.1 Å². The van der Waals surface area contributed by atoms with Gasteiger partial charge in [0.2, 0.25) is 5.91 Å². The van der Waals surface area contributed by atoms with E-state index >= 15 is 0 Å². The van der Waals surface area contributed by atoms with E-state index < -0.39 is 0 Å². The molecule has 0 radical (unpaired) electrons. The highest BCUT2D eigenvalue weighted by atomic mass is 16.5. The number of ether oxygens (including phenoxy) is 1. The Morgan fingerprint density at radius 2 is 2.14 bits per heavy atom. The van der Waals surface area contributed by atoms with Gasteiger partial charge >= 0.3 is 0 Å². The molecule has 0 aliphatic carbocycles. The molecule has 1 amide bonds. The molecule has 2 atom stereocenters. The lowest BCUT2D eigenvalue weighted by Gasteiger charge is -2.36. The van der Waals surface area contributed by atoms with E-state index in [-0.39, 0.29) is 12.0 Å². The average Bonchev–Trinajstić information content (AvgIpc) is 2.45. The molecule has 2 aliphatic rings. The van der Waals surface area contributed by atoms with Gasteiger partial charge in [0, 0.05) is 25.7 Å². The van der Waals surface area contributed by atoms with Gasteiger partial charge in [0.1, 0.15) is 0 Å². The van der Waals surface area contributed by atoms with Crippen molar-refractivity contribution in [3.63, 3.8) is 0 Å². The van der Waals surface area contributed by atoms with Gasteiger partial charge in [-0.1, -0.05) is 13.8 Å². The summed E-state index contributed by atoms with van der Waals surface area (Å²) in [5.41, 5.74) is 0. The highest BCUT2D eigenvalue weighted by Crippen LogP contribution is 2.16. The normalized spacial score (nSPS) is 28.1. The summed E-state index contributed by atoms with van der Waals surface area (Å²) in [6, 6.07) is 0.539. The van der Waals surface area contributed by atoms with Crippen LogP contribution in [0.3, 0.4) is 0 Å². The summed E-state index contributed by atoms with van der Waals surface area (Å²) in [6.07, 6.45) is 2.66. The van der Waals surface area contributed by atoms with Crippen molar-refractivity contribution in [1.82, 2.24) is 15.1 Å². The van der Waals surface area contributed by atoms with Crippen LogP contribution in [-0.2, 0) is 9.53 Å². The lowest BCUT2D eigenvalue weighted by atomic mass is 9.97. The molecule has 122 valence electrons. The van der Waals surface area contributed by atoms with Crippen molar-refractivity contribution in [2.24, 2.45) is 5.92 Å². The maximum atomic E-state index is 12.4. The van der Waals surface area contributed by atoms with Gasteiger partial charge in [-0.15, -0.1) is 0 Å². The number of likely N-dealkylation sites (tertiary alicyclic amines) is 1. The van der Waals surface area contributed by atoms with Crippen molar-refractivity contribution in [3.8, 4) is 0 Å². The van der Waals surface area contributed by atoms with Crippen LogP contribution >= 0.6 is 0 Å². The van der Waals surface area contributed by atoms with Crippen molar-refractivity contribution < 1.29 is 9.53 Å². The Bertz CT molecular complexity index is 335. The van der Waals surface area contributed by atoms with Crippen LogP contribution in [-0.4, -0.2) is 73.7 Å². The van der Waals surface area contributed by atoms with Crippen LogP contribution < -0.4 is 5.32 Å². The van der Waals surface area contributed by atoms with Gasteiger partial charge < -0.3 is 15.0 Å². The molecule has 2 heterocycles. The maximum Gasteiger partial charge on any atom is 0.236 e. The molecule has 5 heteroatoms. The molecule has 0 aromatic heterocycles.